The predicted molar refractivity (Wildman–Crippen MR) is 127 cm³/mol. The van der Waals surface area contributed by atoms with Crippen LogP contribution in [-0.4, -0.2) is 68.0 Å². The highest BCUT2D eigenvalue weighted by Gasteiger charge is 2.55. The minimum Gasteiger partial charge on any atom is -0.496 e. The Labute approximate surface area is 204 Å². The molecule has 7 nitrogen and oxygen atoms in total. The van der Waals surface area contributed by atoms with Crippen LogP contribution >= 0.6 is 0 Å². The van der Waals surface area contributed by atoms with Crippen LogP contribution in [0, 0.1) is 5.82 Å². The Balaban J connectivity index is 1.61. The molecule has 0 bridgehead atoms. The molecule has 0 spiro atoms. The largest absolute Gasteiger partial charge is 0.496 e. The van der Waals surface area contributed by atoms with Gasteiger partial charge in [0.25, 0.3) is 0 Å². The third-order valence-electron chi connectivity index (χ3n) is 7.10. The van der Waals surface area contributed by atoms with E-state index in [-0.39, 0.29) is 48.8 Å². The summed E-state index contributed by atoms with van der Waals surface area (Å²) in [7, 11) is 3.07. The highest BCUT2D eigenvalue weighted by Crippen LogP contribution is 2.44. The lowest BCUT2D eigenvalue weighted by atomic mass is 9.75. The lowest BCUT2D eigenvalue weighted by Crippen LogP contribution is -2.43. The molecule has 2 aliphatic heterocycles. The van der Waals surface area contributed by atoms with E-state index in [1.807, 2.05) is 0 Å². The van der Waals surface area contributed by atoms with E-state index >= 15 is 0 Å². The summed E-state index contributed by atoms with van der Waals surface area (Å²) in [5.74, 6) is -0.841. The van der Waals surface area contributed by atoms with Crippen molar-refractivity contribution in [2.24, 2.45) is 0 Å². The Hall–Kier alpha value is -3.26. The molecule has 2 aromatic rings. The number of likely N-dealkylation sites (tertiary alicyclic amines) is 2. The van der Waals surface area contributed by atoms with E-state index in [9.17, 15) is 18.8 Å². The minimum absolute atomic E-state index is 0.102. The van der Waals surface area contributed by atoms with Gasteiger partial charge in [-0.05, 0) is 30.5 Å². The molecule has 0 aliphatic carbocycles. The summed E-state index contributed by atoms with van der Waals surface area (Å²) in [5.41, 5.74) is -0.212. The van der Waals surface area contributed by atoms with Gasteiger partial charge in [-0.1, -0.05) is 36.4 Å². The van der Waals surface area contributed by atoms with E-state index in [1.54, 1.807) is 54.5 Å². The Bertz CT molecular complexity index is 1110. The van der Waals surface area contributed by atoms with E-state index in [1.165, 1.54) is 18.1 Å². The van der Waals surface area contributed by atoms with Gasteiger partial charge in [-0.3, -0.25) is 19.3 Å². The second-order valence-electron chi connectivity index (χ2n) is 9.18. The van der Waals surface area contributed by atoms with Gasteiger partial charge >= 0.3 is 0 Å². The third kappa shape index (κ3) is 4.80. The molecule has 2 atom stereocenters. The summed E-state index contributed by atoms with van der Waals surface area (Å²) in [4.78, 5) is 43.2. The molecule has 2 aromatic carbocycles. The smallest absolute Gasteiger partial charge is 0.241 e. The zero-order valence-corrected chi connectivity index (χ0v) is 20.2. The average Bonchev–Trinajstić information content (AvgIpc) is 3.44. The van der Waals surface area contributed by atoms with Crippen molar-refractivity contribution in [3.8, 4) is 5.75 Å². The number of amides is 3. The molecule has 0 aromatic heterocycles. The average molecular weight is 483 g/mol. The van der Waals surface area contributed by atoms with Crippen molar-refractivity contribution < 1.29 is 28.2 Å². The van der Waals surface area contributed by atoms with Gasteiger partial charge in [0.05, 0.1) is 12.5 Å². The van der Waals surface area contributed by atoms with Crippen molar-refractivity contribution in [3.63, 3.8) is 0 Å². The zero-order chi connectivity index (χ0) is 25.0. The van der Waals surface area contributed by atoms with Gasteiger partial charge in [0.1, 0.15) is 11.6 Å². The van der Waals surface area contributed by atoms with E-state index in [0.717, 1.165) is 0 Å². The summed E-state index contributed by atoms with van der Waals surface area (Å²) < 4.78 is 24.9. The molecule has 4 rings (SSSR count). The number of hydrogen-bond acceptors (Lipinski definition) is 5. The van der Waals surface area contributed by atoms with Gasteiger partial charge in [0.2, 0.25) is 17.7 Å². The fourth-order valence-corrected chi connectivity index (χ4v) is 5.29. The first-order valence-corrected chi connectivity index (χ1v) is 11.9. The molecule has 0 radical (unpaired) electrons. The van der Waals surface area contributed by atoms with Crippen LogP contribution in [0.5, 0.6) is 5.75 Å². The Morgan fingerprint density at radius 1 is 1.11 bits per heavy atom. The van der Waals surface area contributed by atoms with Crippen molar-refractivity contribution in [1.82, 2.24) is 9.80 Å². The van der Waals surface area contributed by atoms with Gasteiger partial charge in [0, 0.05) is 57.7 Å². The Morgan fingerprint density at radius 2 is 1.86 bits per heavy atom. The molecule has 0 unspecified atom stereocenters. The van der Waals surface area contributed by atoms with E-state index in [0.29, 0.717) is 49.4 Å². The van der Waals surface area contributed by atoms with E-state index < -0.39 is 5.41 Å². The summed E-state index contributed by atoms with van der Waals surface area (Å²) in [6, 6.07) is 13.7. The molecule has 8 heteroatoms. The highest BCUT2D eigenvalue weighted by molar-refractivity contribution is 6.11. The van der Waals surface area contributed by atoms with Crippen molar-refractivity contribution in [1.29, 1.82) is 0 Å². The van der Waals surface area contributed by atoms with Gasteiger partial charge in [-0.25, -0.2) is 4.39 Å². The summed E-state index contributed by atoms with van der Waals surface area (Å²) in [6.07, 6.45) is 0.906. The van der Waals surface area contributed by atoms with Crippen molar-refractivity contribution >= 4 is 17.7 Å². The SMILES string of the molecule is COCCCN1C(=O)C[C@@](CC(=O)N2CC[C@@H](c3ccccc3F)C2)(c2ccccc2OC)C1=O. The number of methoxy groups -OCH3 is 2. The summed E-state index contributed by atoms with van der Waals surface area (Å²) in [5, 5.41) is 0. The van der Waals surface area contributed by atoms with Gasteiger partial charge in [0.15, 0.2) is 0 Å². The van der Waals surface area contributed by atoms with Crippen LogP contribution in [0.1, 0.15) is 42.7 Å². The second kappa shape index (κ2) is 10.6. The number of imide groups is 1. The molecule has 0 N–H and O–H groups in total. The fourth-order valence-electron chi connectivity index (χ4n) is 5.29. The quantitative estimate of drug-likeness (QED) is 0.405. The highest BCUT2D eigenvalue weighted by atomic mass is 19.1. The van der Waals surface area contributed by atoms with Crippen LogP contribution in [0.4, 0.5) is 4.39 Å². The number of carbonyl (C=O) groups is 3. The molecule has 2 fully saturated rings. The molecular weight excluding hydrogens is 451 g/mol. The van der Waals surface area contributed by atoms with Gasteiger partial charge in [-0.15, -0.1) is 0 Å². The summed E-state index contributed by atoms with van der Waals surface area (Å²) >= 11 is 0. The Kier molecular flexibility index (Phi) is 7.50. The van der Waals surface area contributed by atoms with Gasteiger partial charge in [-0.2, -0.15) is 0 Å². The van der Waals surface area contributed by atoms with Crippen LogP contribution in [0.25, 0.3) is 0 Å². The van der Waals surface area contributed by atoms with Crippen LogP contribution in [-0.2, 0) is 24.5 Å². The minimum atomic E-state index is -1.34. The first kappa shape index (κ1) is 24.9. The molecule has 0 saturated carbocycles. The van der Waals surface area contributed by atoms with Crippen LogP contribution in [0.15, 0.2) is 48.5 Å². The van der Waals surface area contributed by atoms with Crippen LogP contribution in [0.2, 0.25) is 0 Å². The summed E-state index contributed by atoms with van der Waals surface area (Å²) in [6.45, 7) is 1.50. The molecule has 2 heterocycles. The van der Waals surface area contributed by atoms with Crippen LogP contribution in [0.3, 0.4) is 0 Å². The topological polar surface area (TPSA) is 76.2 Å². The third-order valence-corrected chi connectivity index (χ3v) is 7.10. The monoisotopic (exact) mass is 482 g/mol. The number of para-hydroxylation sites is 1. The van der Waals surface area contributed by atoms with Crippen molar-refractivity contribution in [2.75, 3.05) is 40.5 Å². The lowest BCUT2D eigenvalue weighted by Gasteiger charge is -2.30. The molecule has 186 valence electrons. The molecule has 2 saturated heterocycles. The van der Waals surface area contributed by atoms with E-state index in [2.05, 4.69) is 0 Å². The maximum Gasteiger partial charge on any atom is 0.241 e. The fraction of sp³-hybridized carbons (Fsp3) is 0.444. The number of benzene rings is 2. The normalized spacial score (nSPS) is 22.2. The lowest BCUT2D eigenvalue weighted by molar-refractivity contribution is -0.142. The standard InChI is InChI=1S/C27H31FN2O5/c1-34-15-7-13-30-25(32)17-27(26(30)33,21-9-4-6-11-23(21)35-2)16-24(31)29-14-12-19(18-29)20-8-3-5-10-22(20)28/h3-6,8-11,19H,7,12-18H2,1-2H3/t19-,27+/m1/s1. The zero-order valence-electron chi connectivity index (χ0n) is 20.2. The van der Waals surface area contributed by atoms with Crippen molar-refractivity contribution in [3.05, 3.63) is 65.5 Å². The molecule has 3 amide bonds. The van der Waals surface area contributed by atoms with Gasteiger partial charge < -0.3 is 14.4 Å². The Morgan fingerprint density at radius 3 is 2.60 bits per heavy atom. The number of halogens is 1. The molecule has 35 heavy (non-hydrogen) atoms. The number of nitrogens with zero attached hydrogens (tertiary/aromatic N) is 2. The molecular formula is C27H31FN2O5. The van der Waals surface area contributed by atoms with E-state index in [4.69, 9.17) is 9.47 Å². The number of ether oxygens (including phenoxy) is 2. The predicted octanol–water partition coefficient (Wildman–Crippen LogP) is 3.27. The first-order chi connectivity index (χ1) is 16.9. The van der Waals surface area contributed by atoms with Crippen LogP contribution < -0.4 is 4.74 Å². The number of hydrogen-bond donors (Lipinski definition) is 0. The number of rotatable bonds is 9. The maximum absolute atomic E-state index is 14.3. The number of carbonyl (C=O) groups excluding carboxylic acids is 3. The van der Waals surface area contributed by atoms with Crippen molar-refractivity contribution in [2.45, 2.75) is 37.0 Å². The molecule has 2 aliphatic rings. The second-order valence-corrected chi connectivity index (χ2v) is 9.18. The first-order valence-electron chi connectivity index (χ1n) is 11.9. The maximum atomic E-state index is 14.3.